The molecule has 0 spiro atoms. The second kappa shape index (κ2) is 5.40. The van der Waals surface area contributed by atoms with Gasteiger partial charge in [-0.05, 0) is 38.8 Å². The van der Waals surface area contributed by atoms with E-state index in [1.54, 1.807) is 0 Å². The minimum Gasteiger partial charge on any atom is -0.493 e. The highest BCUT2D eigenvalue weighted by Gasteiger charge is 2.27. The standard InChI is InChI=1S/C14H21NO3/c1-9-7-10(2)12(11(3)8-9)18-6-5-14(4,15)13(16)17/h7-8H,5-6,15H2,1-4H3,(H,16,17). The predicted molar refractivity (Wildman–Crippen MR) is 71.0 cm³/mol. The van der Waals surface area contributed by atoms with Gasteiger partial charge >= 0.3 is 5.97 Å². The molecule has 0 aliphatic heterocycles. The van der Waals surface area contributed by atoms with Gasteiger partial charge in [0.2, 0.25) is 0 Å². The zero-order valence-electron chi connectivity index (χ0n) is 11.4. The van der Waals surface area contributed by atoms with Crippen molar-refractivity contribution in [2.45, 2.75) is 39.7 Å². The first-order valence-corrected chi connectivity index (χ1v) is 5.97. The molecule has 0 fully saturated rings. The molecular formula is C14H21NO3. The quantitative estimate of drug-likeness (QED) is 0.841. The van der Waals surface area contributed by atoms with Crippen LogP contribution < -0.4 is 10.5 Å². The van der Waals surface area contributed by atoms with Crippen LogP contribution in [0.4, 0.5) is 0 Å². The van der Waals surface area contributed by atoms with Gasteiger partial charge in [0.25, 0.3) is 0 Å². The Labute approximate surface area is 108 Å². The first-order chi connectivity index (χ1) is 8.24. The van der Waals surface area contributed by atoms with Crippen LogP contribution in [-0.2, 0) is 4.79 Å². The molecule has 0 amide bonds. The molecule has 0 aromatic heterocycles. The molecule has 0 aliphatic carbocycles. The SMILES string of the molecule is Cc1cc(C)c(OCCC(C)(N)C(=O)O)c(C)c1. The number of hydrogen-bond acceptors (Lipinski definition) is 3. The molecular weight excluding hydrogens is 230 g/mol. The lowest BCUT2D eigenvalue weighted by atomic mass is 10.0. The first kappa shape index (κ1) is 14.5. The van der Waals surface area contributed by atoms with E-state index in [1.807, 2.05) is 32.9 Å². The molecule has 0 saturated heterocycles. The van der Waals surface area contributed by atoms with Crippen LogP contribution in [0.3, 0.4) is 0 Å². The van der Waals surface area contributed by atoms with Crippen LogP contribution in [0.2, 0.25) is 0 Å². The lowest BCUT2D eigenvalue weighted by Crippen LogP contribution is -2.45. The number of aliphatic carboxylic acids is 1. The van der Waals surface area contributed by atoms with E-state index in [0.29, 0.717) is 6.61 Å². The Morgan fingerprint density at radius 1 is 1.33 bits per heavy atom. The third kappa shape index (κ3) is 3.47. The molecule has 1 atom stereocenters. The molecule has 1 unspecified atom stereocenters. The molecule has 1 aromatic rings. The van der Waals surface area contributed by atoms with E-state index in [2.05, 4.69) is 0 Å². The summed E-state index contributed by atoms with van der Waals surface area (Å²) in [5.41, 5.74) is 7.70. The number of nitrogens with two attached hydrogens (primary N) is 1. The van der Waals surface area contributed by atoms with Gasteiger partial charge in [-0.2, -0.15) is 0 Å². The summed E-state index contributed by atoms with van der Waals surface area (Å²) in [5, 5.41) is 8.90. The van der Waals surface area contributed by atoms with Gasteiger partial charge in [-0.15, -0.1) is 0 Å². The fraction of sp³-hybridized carbons (Fsp3) is 0.500. The van der Waals surface area contributed by atoms with Gasteiger partial charge < -0.3 is 15.6 Å². The summed E-state index contributed by atoms with van der Waals surface area (Å²) >= 11 is 0. The second-order valence-corrected chi connectivity index (χ2v) is 5.05. The van der Waals surface area contributed by atoms with Crippen molar-refractivity contribution in [3.8, 4) is 5.75 Å². The van der Waals surface area contributed by atoms with Crippen LogP contribution in [0.25, 0.3) is 0 Å². The summed E-state index contributed by atoms with van der Waals surface area (Å²) in [6.45, 7) is 7.78. The predicted octanol–water partition coefficient (Wildman–Crippen LogP) is 2.18. The van der Waals surface area contributed by atoms with Crippen LogP contribution in [0.15, 0.2) is 12.1 Å². The van der Waals surface area contributed by atoms with E-state index < -0.39 is 11.5 Å². The van der Waals surface area contributed by atoms with Crippen LogP contribution in [0.5, 0.6) is 5.75 Å². The van der Waals surface area contributed by atoms with Crippen LogP contribution in [0, 0.1) is 20.8 Å². The maximum Gasteiger partial charge on any atom is 0.323 e. The fourth-order valence-corrected chi connectivity index (χ4v) is 1.87. The van der Waals surface area contributed by atoms with Crippen LogP contribution >= 0.6 is 0 Å². The van der Waals surface area contributed by atoms with Gasteiger partial charge in [0.15, 0.2) is 0 Å². The maximum atomic E-state index is 10.9. The maximum absolute atomic E-state index is 10.9. The number of aryl methyl sites for hydroxylation is 3. The van der Waals surface area contributed by atoms with Crippen LogP contribution in [-0.4, -0.2) is 23.2 Å². The molecule has 0 saturated carbocycles. The third-order valence-electron chi connectivity index (χ3n) is 2.96. The molecule has 1 rings (SSSR count). The summed E-state index contributed by atoms with van der Waals surface area (Å²) in [6, 6.07) is 4.09. The van der Waals surface area contributed by atoms with Crippen molar-refractivity contribution in [1.29, 1.82) is 0 Å². The monoisotopic (exact) mass is 251 g/mol. The smallest absolute Gasteiger partial charge is 0.323 e. The van der Waals surface area contributed by atoms with Crippen molar-refractivity contribution in [2.75, 3.05) is 6.61 Å². The fourth-order valence-electron chi connectivity index (χ4n) is 1.87. The van der Waals surface area contributed by atoms with Crippen molar-refractivity contribution in [3.63, 3.8) is 0 Å². The normalized spacial score (nSPS) is 14.1. The van der Waals surface area contributed by atoms with Gasteiger partial charge in [0.1, 0.15) is 11.3 Å². The summed E-state index contributed by atoms with van der Waals surface area (Å²) in [6.07, 6.45) is 0.273. The zero-order chi connectivity index (χ0) is 13.9. The van der Waals surface area contributed by atoms with Crippen LogP contribution in [0.1, 0.15) is 30.0 Å². The molecule has 100 valence electrons. The number of carbonyl (C=O) groups is 1. The largest absolute Gasteiger partial charge is 0.493 e. The lowest BCUT2D eigenvalue weighted by Gasteiger charge is -2.20. The Kier molecular flexibility index (Phi) is 4.35. The topological polar surface area (TPSA) is 72.5 Å². The first-order valence-electron chi connectivity index (χ1n) is 5.97. The molecule has 4 heteroatoms. The summed E-state index contributed by atoms with van der Waals surface area (Å²) in [5.74, 6) is -0.190. The second-order valence-electron chi connectivity index (χ2n) is 5.05. The molecule has 0 aliphatic rings. The minimum atomic E-state index is -1.24. The average molecular weight is 251 g/mol. The van der Waals surface area contributed by atoms with Crippen molar-refractivity contribution in [2.24, 2.45) is 5.73 Å². The van der Waals surface area contributed by atoms with Crippen molar-refractivity contribution in [3.05, 3.63) is 28.8 Å². The molecule has 0 radical (unpaired) electrons. The Balaban J connectivity index is 2.68. The van der Waals surface area contributed by atoms with Crippen molar-refractivity contribution >= 4 is 5.97 Å². The van der Waals surface area contributed by atoms with E-state index in [9.17, 15) is 4.79 Å². The Bertz CT molecular complexity index is 429. The van der Waals surface area contributed by atoms with E-state index >= 15 is 0 Å². The lowest BCUT2D eigenvalue weighted by molar-refractivity contribution is -0.143. The molecule has 3 N–H and O–H groups in total. The molecule has 4 nitrogen and oxygen atoms in total. The van der Waals surface area contributed by atoms with Gasteiger partial charge in [0.05, 0.1) is 6.61 Å². The van der Waals surface area contributed by atoms with Gasteiger partial charge in [-0.25, -0.2) is 0 Å². The van der Waals surface area contributed by atoms with Crippen molar-refractivity contribution in [1.82, 2.24) is 0 Å². The Morgan fingerprint density at radius 3 is 2.28 bits per heavy atom. The third-order valence-corrected chi connectivity index (χ3v) is 2.96. The van der Waals surface area contributed by atoms with Gasteiger partial charge in [-0.3, -0.25) is 4.79 Å². The number of rotatable bonds is 5. The number of ether oxygens (including phenoxy) is 1. The highest BCUT2D eigenvalue weighted by Crippen LogP contribution is 2.25. The summed E-state index contributed by atoms with van der Waals surface area (Å²) in [7, 11) is 0. The minimum absolute atomic E-state index is 0.273. The zero-order valence-corrected chi connectivity index (χ0v) is 11.4. The van der Waals surface area contributed by atoms with E-state index in [1.165, 1.54) is 12.5 Å². The number of benzene rings is 1. The number of hydrogen-bond donors (Lipinski definition) is 2. The molecule has 0 heterocycles. The van der Waals surface area contributed by atoms with E-state index in [0.717, 1.165) is 16.9 Å². The Hall–Kier alpha value is -1.55. The molecule has 1 aromatic carbocycles. The summed E-state index contributed by atoms with van der Waals surface area (Å²) < 4.78 is 5.67. The van der Waals surface area contributed by atoms with E-state index in [-0.39, 0.29) is 6.42 Å². The number of carboxylic acid groups (broad SMARTS) is 1. The molecule has 0 bridgehead atoms. The highest BCUT2D eigenvalue weighted by atomic mass is 16.5. The highest BCUT2D eigenvalue weighted by molar-refractivity contribution is 5.77. The Morgan fingerprint density at radius 2 is 1.83 bits per heavy atom. The molecule has 18 heavy (non-hydrogen) atoms. The van der Waals surface area contributed by atoms with Gasteiger partial charge in [-0.1, -0.05) is 17.7 Å². The summed E-state index contributed by atoms with van der Waals surface area (Å²) in [4.78, 5) is 10.9. The number of carboxylic acids is 1. The van der Waals surface area contributed by atoms with Gasteiger partial charge in [0, 0.05) is 6.42 Å². The average Bonchev–Trinajstić information content (AvgIpc) is 2.21. The van der Waals surface area contributed by atoms with Crippen molar-refractivity contribution < 1.29 is 14.6 Å². The van der Waals surface area contributed by atoms with E-state index in [4.69, 9.17) is 15.6 Å².